The van der Waals surface area contributed by atoms with E-state index in [0.29, 0.717) is 6.61 Å². The van der Waals surface area contributed by atoms with Crippen LogP contribution in [0.15, 0.2) is 0 Å². The lowest BCUT2D eigenvalue weighted by Gasteiger charge is -2.37. The van der Waals surface area contributed by atoms with Crippen molar-refractivity contribution in [1.82, 2.24) is 0 Å². The van der Waals surface area contributed by atoms with Gasteiger partial charge in [0.2, 0.25) is 0 Å². The van der Waals surface area contributed by atoms with Crippen LogP contribution in [0.3, 0.4) is 0 Å². The first kappa shape index (κ1) is 30.4. The summed E-state index contributed by atoms with van der Waals surface area (Å²) in [7, 11) is 0. The van der Waals surface area contributed by atoms with Gasteiger partial charge in [-0.1, -0.05) is 51.9 Å². The van der Waals surface area contributed by atoms with Crippen LogP contribution in [0, 0.1) is 0 Å². The van der Waals surface area contributed by atoms with Crippen LogP contribution in [-0.2, 0) is 9.09 Å². The van der Waals surface area contributed by atoms with Gasteiger partial charge in [0, 0.05) is 44.1 Å². The van der Waals surface area contributed by atoms with Gasteiger partial charge in [0.25, 0.3) is 0 Å². The summed E-state index contributed by atoms with van der Waals surface area (Å²) in [5.74, 6) is 0. The molecule has 0 amide bonds. The minimum Gasteiger partial charge on any atom is -0.315 e. The molecule has 0 atom stereocenters. The van der Waals surface area contributed by atoms with E-state index in [4.69, 9.17) is 74.1 Å². The Morgan fingerprint density at radius 1 is 0.667 bits per heavy atom. The zero-order valence-electron chi connectivity index (χ0n) is 15.1. The summed E-state index contributed by atoms with van der Waals surface area (Å²) in [5.41, 5.74) is 0. The predicted octanol–water partition coefficient (Wildman–Crippen LogP) is 9.77. The lowest BCUT2D eigenvalue weighted by atomic mass is 9.97. The van der Waals surface area contributed by atoms with E-state index in [-0.39, 0.29) is 0 Å². The number of halogens is 8. The molecule has 1 aliphatic rings. The van der Waals surface area contributed by atoms with Crippen LogP contribution in [0.2, 0.25) is 0 Å². The average molecular weight is 749 g/mol. The van der Waals surface area contributed by atoms with Crippen LogP contribution in [0.1, 0.15) is 58.3 Å². The summed E-state index contributed by atoms with van der Waals surface area (Å²) in [4.78, 5) is 0. The highest BCUT2D eigenvalue weighted by Crippen LogP contribution is 2.63. The molecule has 0 unspecified atom stereocenters. The van der Waals surface area contributed by atoms with E-state index in [2.05, 4.69) is 6.92 Å². The van der Waals surface area contributed by atoms with Gasteiger partial charge in [0.15, 0.2) is 0 Å². The van der Waals surface area contributed by atoms with Gasteiger partial charge in [0.1, 0.15) is 0 Å². The summed E-state index contributed by atoms with van der Waals surface area (Å²) in [5, 5.41) is -2.62. The molecule has 0 aliphatic heterocycles. The second-order valence-corrected chi connectivity index (χ2v) is 23.7. The Bertz CT molecular complexity index is 373. The van der Waals surface area contributed by atoms with Crippen LogP contribution in [0.4, 0.5) is 0 Å². The summed E-state index contributed by atoms with van der Waals surface area (Å²) >= 11 is 39.0. The standard InChI is InChI=1S/C10H21I2O2P.C6H6Cl6/c1-2-3-4-5-6-7-8-9-10-14-15(11,12)13;7-1-2(8)4(10)6(12)5(11)3(1)9/h2-10H2,1H3;1-6H. The van der Waals surface area contributed by atoms with Crippen molar-refractivity contribution in [3.63, 3.8) is 0 Å². The topological polar surface area (TPSA) is 26.3 Å². The summed E-state index contributed by atoms with van der Waals surface area (Å²) in [6.45, 7) is 2.89. The Kier molecular flexibility index (Phi) is 19.1. The van der Waals surface area contributed by atoms with Gasteiger partial charge in [-0.15, -0.1) is 69.6 Å². The highest BCUT2D eigenvalue weighted by atomic mass is 127. The summed E-state index contributed by atoms with van der Waals surface area (Å²) in [6, 6.07) is 0. The molecule has 1 fully saturated rings. The lowest BCUT2D eigenvalue weighted by Crippen LogP contribution is -2.52. The third-order valence-corrected chi connectivity index (χ3v) is 10.3. The minimum atomic E-state index is -2.30. The maximum absolute atomic E-state index is 11.2. The Balaban J connectivity index is 0.000000511. The van der Waals surface area contributed by atoms with Crippen LogP contribution in [0.25, 0.3) is 0 Å². The highest BCUT2D eigenvalue weighted by Gasteiger charge is 2.46. The summed E-state index contributed by atoms with van der Waals surface area (Å²) < 4.78 is 14.1. The Hall–Kier alpha value is 3.39. The molecule has 0 aromatic rings. The second-order valence-electron chi connectivity index (χ2n) is 6.39. The second kappa shape index (κ2) is 16.9. The first-order valence-corrected chi connectivity index (χ1v) is 18.8. The van der Waals surface area contributed by atoms with Gasteiger partial charge in [-0.2, -0.15) is 0 Å². The fourth-order valence-electron chi connectivity index (χ4n) is 2.46. The van der Waals surface area contributed by atoms with Crippen molar-refractivity contribution < 1.29 is 9.09 Å². The van der Waals surface area contributed by atoms with Crippen LogP contribution < -0.4 is 0 Å². The Morgan fingerprint density at radius 2 is 0.963 bits per heavy atom. The molecule has 0 N–H and O–H groups in total. The number of unbranched alkanes of at least 4 members (excludes halogenated alkanes) is 7. The Morgan fingerprint density at radius 3 is 1.26 bits per heavy atom. The molecule has 0 saturated heterocycles. The smallest absolute Gasteiger partial charge is 0.315 e. The third kappa shape index (κ3) is 14.2. The maximum atomic E-state index is 11.2. The van der Waals surface area contributed by atoms with Crippen molar-refractivity contribution in [1.29, 1.82) is 0 Å². The van der Waals surface area contributed by atoms with Crippen LogP contribution in [-0.4, -0.2) is 38.9 Å². The van der Waals surface area contributed by atoms with Crippen LogP contribution in [0.5, 0.6) is 0 Å². The zero-order valence-corrected chi connectivity index (χ0v) is 24.9. The third-order valence-electron chi connectivity index (χ3n) is 4.06. The molecular formula is C16H27Cl6I2O2P. The molecule has 0 radical (unpaired) electrons. The number of hydrogen-bond acceptors (Lipinski definition) is 2. The van der Waals surface area contributed by atoms with Crippen molar-refractivity contribution in [2.24, 2.45) is 0 Å². The molecule has 0 bridgehead atoms. The van der Waals surface area contributed by atoms with Gasteiger partial charge < -0.3 is 4.52 Å². The summed E-state index contributed by atoms with van der Waals surface area (Å²) in [6.07, 6.45) is 10.3. The molecule has 0 aromatic carbocycles. The van der Waals surface area contributed by atoms with Gasteiger partial charge in [-0.3, -0.25) is 4.57 Å². The number of alkyl halides is 6. The van der Waals surface area contributed by atoms with E-state index in [1.807, 2.05) is 44.1 Å². The average Bonchev–Trinajstić information content (AvgIpc) is 2.61. The van der Waals surface area contributed by atoms with Gasteiger partial charge in [-0.05, 0) is 6.42 Å². The van der Waals surface area contributed by atoms with E-state index in [1.165, 1.54) is 44.9 Å². The number of hydrogen-bond donors (Lipinski definition) is 0. The monoisotopic (exact) mass is 746 g/mol. The highest BCUT2D eigenvalue weighted by molar-refractivity contribution is 14.3. The van der Waals surface area contributed by atoms with Crippen molar-refractivity contribution in [2.75, 3.05) is 6.61 Å². The van der Waals surface area contributed by atoms with E-state index in [9.17, 15) is 4.57 Å². The molecular weight excluding hydrogens is 722 g/mol. The quantitative estimate of drug-likeness (QED) is 0.0963. The van der Waals surface area contributed by atoms with Crippen molar-refractivity contribution in [3.8, 4) is 0 Å². The molecule has 1 saturated carbocycles. The lowest BCUT2D eigenvalue weighted by molar-refractivity contribution is 0.325. The van der Waals surface area contributed by atoms with Gasteiger partial charge in [-0.25, -0.2) is 0 Å². The normalized spacial score (nSPS) is 31.3. The van der Waals surface area contributed by atoms with Crippen LogP contribution >= 0.6 is 116 Å². The van der Waals surface area contributed by atoms with E-state index in [1.54, 1.807) is 0 Å². The molecule has 0 spiro atoms. The van der Waals surface area contributed by atoms with Crippen molar-refractivity contribution in [2.45, 2.75) is 90.6 Å². The fourth-order valence-corrected chi connectivity index (χ4v) is 6.31. The van der Waals surface area contributed by atoms with Gasteiger partial charge in [0.05, 0.1) is 38.9 Å². The number of rotatable bonds is 10. The molecule has 27 heavy (non-hydrogen) atoms. The molecule has 2 nitrogen and oxygen atoms in total. The largest absolute Gasteiger partial charge is 0.315 e. The molecule has 11 heteroatoms. The zero-order chi connectivity index (χ0) is 21.0. The van der Waals surface area contributed by atoms with Gasteiger partial charge >= 0.3 is 2.65 Å². The van der Waals surface area contributed by atoms with E-state index < -0.39 is 34.9 Å². The molecule has 0 aromatic heterocycles. The first-order valence-electron chi connectivity index (χ1n) is 9.01. The molecule has 164 valence electrons. The maximum Gasteiger partial charge on any atom is 0.315 e. The molecule has 1 aliphatic carbocycles. The van der Waals surface area contributed by atoms with E-state index >= 15 is 0 Å². The molecule has 1 rings (SSSR count). The predicted molar refractivity (Wildman–Crippen MR) is 142 cm³/mol. The van der Waals surface area contributed by atoms with Crippen molar-refractivity contribution in [3.05, 3.63) is 0 Å². The minimum absolute atomic E-state index is 0.437. The molecule has 0 heterocycles. The fraction of sp³-hybridized carbons (Fsp3) is 1.00. The van der Waals surface area contributed by atoms with E-state index in [0.717, 1.165) is 6.42 Å². The Labute approximate surface area is 220 Å². The van der Waals surface area contributed by atoms with Crippen molar-refractivity contribution >= 4 is 116 Å². The first-order chi connectivity index (χ1) is 12.5. The SMILES string of the molecule is CCCCCCCCCCOP(=O)(I)I.ClC1C(Cl)C(Cl)C(Cl)C(Cl)C1Cl.